The first-order chi connectivity index (χ1) is 25.3. The van der Waals surface area contributed by atoms with E-state index in [2.05, 4.69) is 191 Å². The van der Waals surface area contributed by atoms with Crippen LogP contribution in [0.25, 0.3) is 80.0 Å². The third kappa shape index (κ3) is 4.22. The minimum Gasteiger partial charge on any atom is -0.307 e. The molecule has 0 bridgehead atoms. The Labute approximate surface area is 298 Å². The topological polar surface area (TPSA) is 8.17 Å². The van der Waals surface area contributed by atoms with E-state index in [1.54, 1.807) is 0 Å². The summed E-state index contributed by atoms with van der Waals surface area (Å²) in [4.78, 5) is 2.51. The fourth-order valence-corrected chi connectivity index (χ4v) is 9.51. The number of aromatic nitrogens is 1. The first-order valence-corrected chi connectivity index (χ1v) is 18.3. The van der Waals surface area contributed by atoms with Crippen LogP contribution >= 0.6 is 11.3 Å². The molecule has 0 radical (unpaired) electrons. The summed E-state index contributed by atoms with van der Waals surface area (Å²) in [7, 11) is 0. The van der Waals surface area contributed by atoms with Crippen molar-refractivity contribution >= 4 is 103 Å². The Bertz CT molecular complexity index is 3150. The third-order valence-corrected chi connectivity index (χ3v) is 11.7. The Morgan fingerprint density at radius 2 is 1.06 bits per heavy atom. The molecule has 2 aromatic heterocycles. The van der Waals surface area contributed by atoms with Crippen molar-refractivity contribution in [3.05, 3.63) is 182 Å². The van der Waals surface area contributed by atoms with Crippen molar-refractivity contribution < 1.29 is 0 Å². The van der Waals surface area contributed by atoms with Crippen LogP contribution in [0.3, 0.4) is 0 Å². The van der Waals surface area contributed by atoms with Gasteiger partial charge in [-0.15, -0.1) is 11.3 Å². The van der Waals surface area contributed by atoms with Gasteiger partial charge < -0.3 is 9.47 Å². The van der Waals surface area contributed by atoms with Gasteiger partial charge >= 0.3 is 0 Å². The van der Waals surface area contributed by atoms with Gasteiger partial charge in [-0.3, -0.25) is 0 Å². The summed E-state index contributed by atoms with van der Waals surface area (Å²) in [6.45, 7) is 0. The number of fused-ring (bicyclic) bond motifs is 11. The Morgan fingerprint density at radius 3 is 1.94 bits per heavy atom. The lowest BCUT2D eigenvalue weighted by Crippen LogP contribution is -2.12. The molecule has 2 nitrogen and oxygen atoms in total. The van der Waals surface area contributed by atoms with Crippen LogP contribution in [0.2, 0.25) is 0 Å². The normalized spacial score (nSPS) is 11.9. The number of rotatable bonds is 4. The van der Waals surface area contributed by atoms with Crippen LogP contribution < -0.4 is 4.90 Å². The number of thiophene rings is 1. The fourth-order valence-electron chi connectivity index (χ4n) is 8.30. The summed E-state index contributed by atoms with van der Waals surface area (Å²) in [5.74, 6) is 0. The van der Waals surface area contributed by atoms with Gasteiger partial charge in [0.1, 0.15) is 0 Å². The summed E-state index contributed by atoms with van der Waals surface area (Å²) in [5, 5.41) is 12.7. The van der Waals surface area contributed by atoms with E-state index < -0.39 is 0 Å². The lowest BCUT2D eigenvalue weighted by molar-refractivity contribution is 1.17. The quantitative estimate of drug-likeness (QED) is 0.170. The van der Waals surface area contributed by atoms with Gasteiger partial charge in [0, 0.05) is 37.6 Å². The van der Waals surface area contributed by atoms with E-state index in [0.717, 1.165) is 17.1 Å². The maximum atomic E-state index is 2.51. The van der Waals surface area contributed by atoms with Crippen LogP contribution in [0, 0.1) is 0 Å². The maximum absolute atomic E-state index is 2.51. The minimum absolute atomic E-state index is 1.13. The van der Waals surface area contributed by atoms with Crippen LogP contribution in [0.15, 0.2) is 182 Å². The van der Waals surface area contributed by atoms with Gasteiger partial charge in [0.05, 0.1) is 27.1 Å². The molecule has 0 N–H and O–H groups in total. The van der Waals surface area contributed by atoms with E-state index in [-0.39, 0.29) is 0 Å². The fraction of sp³-hybridized carbons (Fsp3) is 0. The highest BCUT2D eigenvalue weighted by Crippen LogP contribution is 2.48. The lowest BCUT2D eigenvalue weighted by Gasteiger charge is -2.28. The standard InChI is InChI=1S/C48H30N2S/c1-2-13-34(14-3-1)50-42-20-8-6-16-38(42)40-18-10-21-43(47(40)50)49(44-22-11-19-41-39-17-7-9-23-45(39)51-48(41)44)35-28-29-37-33(30-35)27-26-32-25-24-31-12-4-5-15-36(31)46(32)37/h1-30H. The van der Waals surface area contributed by atoms with Crippen LogP contribution in [-0.2, 0) is 0 Å². The molecule has 0 aliphatic heterocycles. The second-order valence-corrected chi connectivity index (χ2v) is 14.4. The molecule has 0 saturated heterocycles. The molecule has 0 aliphatic carbocycles. The number of hydrogen-bond acceptors (Lipinski definition) is 2. The van der Waals surface area contributed by atoms with Crippen LogP contribution in [0.5, 0.6) is 0 Å². The minimum atomic E-state index is 1.13. The summed E-state index contributed by atoms with van der Waals surface area (Å²) < 4.78 is 5.02. The molecule has 0 aliphatic rings. The molecule has 0 spiro atoms. The number of anilines is 3. The highest BCUT2D eigenvalue weighted by Gasteiger charge is 2.24. The summed E-state index contributed by atoms with van der Waals surface area (Å²) in [5.41, 5.74) is 6.98. The zero-order chi connectivity index (χ0) is 33.5. The van der Waals surface area contributed by atoms with E-state index in [9.17, 15) is 0 Å². The molecule has 11 aromatic rings. The molecule has 0 unspecified atom stereocenters. The van der Waals surface area contributed by atoms with Crippen molar-refractivity contribution in [2.45, 2.75) is 0 Å². The smallest absolute Gasteiger partial charge is 0.0782 e. The molecule has 0 amide bonds. The van der Waals surface area contributed by atoms with Gasteiger partial charge in [-0.1, -0.05) is 133 Å². The molecular formula is C48H30N2S. The van der Waals surface area contributed by atoms with Crippen LogP contribution in [0.1, 0.15) is 0 Å². The first kappa shape index (κ1) is 28.4. The van der Waals surface area contributed by atoms with E-state index in [0.29, 0.717) is 0 Å². The molecule has 238 valence electrons. The van der Waals surface area contributed by atoms with E-state index in [1.807, 2.05) is 11.3 Å². The number of nitrogens with zero attached hydrogens (tertiary/aromatic N) is 2. The Hall–Kier alpha value is -6.42. The van der Waals surface area contributed by atoms with Crippen LogP contribution in [0.4, 0.5) is 17.1 Å². The second kappa shape index (κ2) is 11.0. The molecular weight excluding hydrogens is 637 g/mol. The number of hydrogen-bond donors (Lipinski definition) is 0. The Balaban J connectivity index is 1.26. The largest absolute Gasteiger partial charge is 0.307 e. The predicted octanol–water partition coefficient (Wildman–Crippen LogP) is 14.1. The van der Waals surface area contributed by atoms with Gasteiger partial charge in [-0.05, 0) is 80.8 Å². The van der Waals surface area contributed by atoms with Crippen molar-refractivity contribution in [3.8, 4) is 5.69 Å². The summed E-state index contributed by atoms with van der Waals surface area (Å²) in [6.07, 6.45) is 0. The monoisotopic (exact) mass is 666 g/mol. The van der Waals surface area contributed by atoms with Crippen molar-refractivity contribution in [2.24, 2.45) is 0 Å². The Morgan fingerprint density at radius 1 is 0.412 bits per heavy atom. The second-order valence-electron chi connectivity index (χ2n) is 13.3. The molecule has 0 fully saturated rings. The third-order valence-electron chi connectivity index (χ3n) is 10.5. The van der Waals surface area contributed by atoms with Crippen molar-refractivity contribution in [1.82, 2.24) is 4.57 Å². The average Bonchev–Trinajstić information content (AvgIpc) is 3.75. The highest BCUT2D eigenvalue weighted by atomic mass is 32.1. The lowest BCUT2D eigenvalue weighted by atomic mass is 9.96. The SMILES string of the molecule is c1ccc(-n2c3ccccc3c3cccc(N(c4ccc5c(ccc6ccc7ccccc7c65)c4)c4cccc5c4sc4ccccc45)c32)cc1. The summed E-state index contributed by atoms with van der Waals surface area (Å²) in [6, 6.07) is 66.8. The van der Waals surface area contributed by atoms with Gasteiger partial charge in [-0.25, -0.2) is 0 Å². The summed E-state index contributed by atoms with van der Waals surface area (Å²) >= 11 is 1.88. The number of benzene rings is 9. The number of para-hydroxylation sites is 3. The van der Waals surface area contributed by atoms with Gasteiger partial charge in [0.2, 0.25) is 0 Å². The van der Waals surface area contributed by atoms with E-state index in [4.69, 9.17) is 0 Å². The molecule has 0 saturated carbocycles. The Kier molecular flexibility index (Phi) is 6.16. The van der Waals surface area contributed by atoms with Crippen LogP contribution in [-0.4, -0.2) is 4.57 Å². The van der Waals surface area contributed by atoms with E-state index >= 15 is 0 Å². The molecule has 0 atom stereocenters. The highest BCUT2D eigenvalue weighted by molar-refractivity contribution is 7.26. The zero-order valence-electron chi connectivity index (χ0n) is 27.6. The van der Waals surface area contributed by atoms with Crippen molar-refractivity contribution in [2.75, 3.05) is 4.90 Å². The van der Waals surface area contributed by atoms with Gasteiger partial charge in [0.15, 0.2) is 0 Å². The average molecular weight is 667 g/mol. The molecule has 2 heterocycles. The predicted molar refractivity (Wildman–Crippen MR) is 221 cm³/mol. The molecule has 3 heteroatoms. The molecule has 11 rings (SSSR count). The maximum Gasteiger partial charge on any atom is 0.0782 e. The first-order valence-electron chi connectivity index (χ1n) is 17.4. The van der Waals surface area contributed by atoms with Gasteiger partial charge in [0.25, 0.3) is 0 Å². The molecule has 9 aromatic carbocycles. The van der Waals surface area contributed by atoms with Gasteiger partial charge in [-0.2, -0.15) is 0 Å². The van der Waals surface area contributed by atoms with Crippen molar-refractivity contribution in [1.29, 1.82) is 0 Å². The van der Waals surface area contributed by atoms with Crippen molar-refractivity contribution in [3.63, 3.8) is 0 Å². The zero-order valence-corrected chi connectivity index (χ0v) is 28.4. The van der Waals surface area contributed by atoms with E-state index in [1.165, 1.54) is 80.0 Å². The molecule has 51 heavy (non-hydrogen) atoms.